The Labute approximate surface area is 135 Å². The summed E-state index contributed by atoms with van der Waals surface area (Å²) < 4.78 is 0. The van der Waals surface area contributed by atoms with Gasteiger partial charge in [-0.3, -0.25) is 0 Å². The summed E-state index contributed by atoms with van der Waals surface area (Å²) in [7, 11) is 0. The van der Waals surface area contributed by atoms with E-state index in [9.17, 15) is 0 Å². The first kappa shape index (κ1) is 13.5. The van der Waals surface area contributed by atoms with E-state index in [1.165, 1.54) is 21.6 Å². The van der Waals surface area contributed by atoms with Crippen LogP contribution in [-0.4, -0.2) is 0 Å². The molecule has 0 aliphatic heterocycles. The highest BCUT2D eigenvalue weighted by Crippen LogP contribution is 2.48. The molecule has 0 amide bonds. The van der Waals surface area contributed by atoms with E-state index in [4.69, 9.17) is 0 Å². The predicted molar refractivity (Wildman–Crippen MR) is 95.3 cm³/mol. The van der Waals surface area contributed by atoms with E-state index in [1.807, 2.05) is 11.3 Å². The maximum absolute atomic E-state index is 2.48. The van der Waals surface area contributed by atoms with Crippen molar-refractivity contribution in [3.8, 4) is 0 Å². The number of hydrogen-bond acceptors (Lipinski definition) is 1. The Morgan fingerprint density at radius 3 is 2.05 bits per heavy atom. The van der Waals surface area contributed by atoms with Crippen molar-refractivity contribution in [1.82, 2.24) is 0 Å². The molecule has 1 heterocycles. The summed E-state index contributed by atoms with van der Waals surface area (Å²) >= 11 is 1.85. The monoisotopic (exact) mass is 302 g/mol. The lowest BCUT2D eigenvalue weighted by Gasteiger charge is -2.20. The van der Waals surface area contributed by atoms with Crippen LogP contribution in [-0.2, 0) is 0 Å². The fourth-order valence-electron chi connectivity index (χ4n) is 3.44. The van der Waals surface area contributed by atoms with Crippen molar-refractivity contribution in [2.45, 2.75) is 18.3 Å². The van der Waals surface area contributed by atoms with Crippen LogP contribution in [0.4, 0.5) is 0 Å². The molecule has 1 aliphatic rings. The summed E-state index contributed by atoms with van der Waals surface area (Å²) in [6, 6.07) is 26.2. The Kier molecular flexibility index (Phi) is 3.65. The molecule has 108 valence electrons. The molecule has 4 rings (SSSR count). The zero-order chi connectivity index (χ0) is 14.8. The van der Waals surface area contributed by atoms with Gasteiger partial charge in [0.05, 0.1) is 0 Å². The van der Waals surface area contributed by atoms with Gasteiger partial charge in [0.25, 0.3) is 0 Å². The Morgan fingerprint density at radius 2 is 1.41 bits per heavy atom. The Bertz CT molecular complexity index is 754. The minimum atomic E-state index is 0.473. The maximum atomic E-state index is 2.48. The van der Waals surface area contributed by atoms with Gasteiger partial charge in [0.15, 0.2) is 0 Å². The van der Waals surface area contributed by atoms with Crippen molar-refractivity contribution in [1.29, 1.82) is 0 Å². The summed E-state index contributed by atoms with van der Waals surface area (Å²) in [5.41, 5.74) is 4.36. The molecule has 0 spiro atoms. The number of hydrogen-bond donors (Lipinski definition) is 0. The third-order valence-electron chi connectivity index (χ3n) is 4.50. The molecule has 1 heteroatoms. The fourth-order valence-corrected chi connectivity index (χ4v) is 4.20. The zero-order valence-corrected chi connectivity index (χ0v) is 13.2. The van der Waals surface area contributed by atoms with Crippen molar-refractivity contribution in [2.75, 3.05) is 0 Å². The van der Waals surface area contributed by atoms with Crippen LogP contribution in [0.3, 0.4) is 0 Å². The van der Waals surface area contributed by atoms with E-state index in [-0.39, 0.29) is 0 Å². The highest BCUT2D eigenvalue weighted by atomic mass is 32.1. The van der Waals surface area contributed by atoms with Crippen LogP contribution < -0.4 is 0 Å². The summed E-state index contributed by atoms with van der Waals surface area (Å²) in [4.78, 5) is 1.42. The minimum Gasteiger partial charge on any atom is -0.144 e. The average Bonchev–Trinajstić information content (AvgIpc) is 3.26. The van der Waals surface area contributed by atoms with Gasteiger partial charge >= 0.3 is 0 Å². The first-order valence-corrected chi connectivity index (χ1v) is 8.64. The van der Waals surface area contributed by atoms with Crippen LogP contribution in [0.2, 0.25) is 0 Å². The molecule has 3 aromatic rings. The van der Waals surface area contributed by atoms with Gasteiger partial charge in [0.1, 0.15) is 0 Å². The highest BCUT2D eigenvalue weighted by Gasteiger charge is 2.30. The number of rotatable bonds is 3. The second-order valence-electron chi connectivity index (χ2n) is 5.83. The summed E-state index contributed by atoms with van der Waals surface area (Å²) in [6.45, 7) is 0. The van der Waals surface area contributed by atoms with E-state index in [0.29, 0.717) is 11.8 Å². The molecule has 1 aromatic heterocycles. The third-order valence-corrected chi connectivity index (χ3v) is 5.45. The summed E-state index contributed by atoms with van der Waals surface area (Å²) in [5, 5.41) is 2.17. The molecule has 0 saturated heterocycles. The molecule has 1 aliphatic carbocycles. The number of benzene rings is 2. The van der Waals surface area contributed by atoms with Gasteiger partial charge in [0.2, 0.25) is 0 Å². The lowest BCUT2D eigenvalue weighted by Crippen LogP contribution is -2.04. The zero-order valence-electron chi connectivity index (χ0n) is 12.4. The van der Waals surface area contributed by atoms with E-state index >= 15 is 0 Å². The Morgan fingerprint density at radius 1 is 0.727 bits per heavy atom. The van der Waals surface area contributed by atoms with Gasteiger partial charge in [-0.2, -0.15) is 0 Å². The minimum absolute atomic E-state index is 0.473. The lowest BCUT2D eigenvalue weighted by molar-refractivity contribution is 0.668. The largest absolute Gasteiger partial charge is 0.144 e. The van der Waals surface area contributed by atoms with Crippen molar-refractivity contribution in [3.05, 3.63) is 100 Å². The van der Waals surface area contributed by atoms with Gasteiger partial charge in [0, 0.05) is 10.8 Å². The third kappa shape index (κ3) is 2.53. The van der Waals surface area contributed by atoms with Gasteiger partial charge in [-0.05, 0) is 40.5 Å². The van der Waals surface area contributed by atoms with E-state index in [2.05, 4.69) is 84.3 Å². The number of allylic oxidation sites excluding steroid dienone is 2. The van der Waals surface area contributed by atoms with Crippen molar-refractivity contribution in [2.24, 2.45) is 0 Å². The van der Waals surface area contributed by atoms with E-state index in [0.717, 1.165) is 6.42 Å². The normalized spacial score (nSPS) is 20.8. The van der Waals surface area contributed by atoms with Crippen LogP contribution in [0.15, 0.2) is 84.3 Å². The van der Waals surface area contributed by atoms with Crippen LogP contribution in [0, 0.1) is 0 Å². The molecular formula is C21H18S. The molecule has 0 fully saturated rings. The lowest BCUT2D eigenvalue weighted by atomic mass is 9.84. The standard InChI is InChI=1S/C21H18S/c1-3-8-16(9-4-1)19-14-18(21-12-7-13-22-21)15-20(19)17-10-5-2-6-11-17/h1-14,19-20H,15H2/t19-,20-/m0/s1. The van der Waals surface area contributed by atoms with Gasteiger partial charge in [-0.1, -0.05) is 72.8 Å². The predicted octanol–water partition coefficient (Wildman–Crippen LogP) is 6.10. The van der Waals surface area contributed by atoms with Crippen LogP contribution in [0.5, 0.6) is 0 Å². The molecule has 0 nitrogen and oxygen atoms in total. The topological polar surface area (TPSA) is 0 Å². The van der Waals surface area contributed by atoms with Crippen LogP contribution in [0.25, 0.3) is 5.57 Å². The molecule has 0 bridgehead atoms. The van der Waals surface area contributed by atoms with Crippen molar-refractivity contribution in [3.63, 3.8) is 0 Å². The fraction of sp³-hybridized carbons (Fsp3) is 0.143. The summed E-state index contributed by atoms with van der Waals surface area (Å²) in [5.74, 6) is 1.02. The van der Waals surface area contributed by atoms with Gasteiger partial charge in [-0.15, -0.1) is 11.3 Å². The van der Waals surface area contributed by atoms with Crippen LogP contribution >= 0.6 is 11.3 Å². The molecule has 2 atom stereocenters. The Balaban J connectivity index is 1.75. The van der Waals surface area contributed by atoms with Gasteiger partial charge < -0.3 is 0 Å². The molecule has 22 heavy (non-hydrogen) atoms. The van der Waals surface area contributed by atoms with Gasteiger partial charge in [-0.25, -0.2) is 0 Å². The van der Waals surface area contributed by atoms with E-state index in [1.54, 1.807) is 0 Å². The average molecular weight is 302 g/mol. The summed E-state index contributed by atoms with van der Waals surface area (Å²) in [6.07, 6.45) is 3.61. The van der Waals surface area contributed by atoms with E-state index < -0.39 is 0 Å². The van der Waals surface area contributed by atoms with Crippen LogP contribution in [0.1, 0.15) is 34.3 Å². The molecule has 0 radical (unpaired) electrons. The highest BCUT2D eigenvalue weighted by molar-refractivity contribution is 7.11. The molecule has 2 aromatic carbocycles. The quantitative estimate of drug-likeness (QED) is 0.548. The first-order chi connectivity index (χ1) is 10.9. The first-order valence-electron chi connectivity index (χ1n) is 7.76. The second kappa shape index (κ2) is 5.94. The van der Waals surface area contributed by atoms with Crippen molar-refractivity contribution < 1.29 is 0 Å². The molecule has 0 saturated carbocycles. The molecule has 0 unspecified atom stereocenters. The number of thiophene rings is 1. The smallest absolute Gasteiger partial charge is 0.0299 e. The molecular weight excluding hydrogens is 284 g/mol. The van der Waals surface area contributed by atoms with Crippen molar-refractivity contribution >= 4 is 16.9 Å². The second-order valence-corrected chi connectivity index (χ2v) is 6.77. The SMILES string of the molecule is C1=C(c2cccs2)C[C@@H](c2ccccc2)[C@@H]1c1ccccc1. The maximum Gasteiger partial charge on any atom is 0.0299 e. The molecule has 0 N–H and O–H groups in total. The Hall–Kier alpha value is -2.12.